The molecule has 1 aromatic carbocycles. The number of nitrogens with one attached hydrogen (secondary N) is 1. The van der Waals surface area contributed by atoms with Gasteiger partial charge >= 0.3 is 6.18 Å². The minimum atomic E-state index is -4.64. The van der Waals surface area contributed by atoms with Gasteiger partial charge in [0.1, 0.15) is 11.3 Å². The van der Waals surface area contributed by atoms with E-state index in [0.717, 1.165) is 18.4 Å². The second-order valence-corrected chi connectivity index (χ2v) is 6.84. The van der Waals surface area contributed by atoms with E-state index in [1.165, 1.54) is 6.33 Å². The zero-order valence-electron chi connectivity index (χ0n) is 15.5. The van der Waals surface area contributed by atoms with Crippen molar-refractivity contribution in [2.45, 2.75) is 44.4 Å². The number of hydrogen-bond acceptors (Lipinski definition) is 5. The zero-order chi connectivity index (χ0) is 19.9. The molecule has 0 radical (unpaired) electrons. The molecule has 2 aromatic heterocycles. The highest BCUT2D eigenvalue weighted by molar-refractivity contribution is 5.83. The van der Waals surface area contributed by atoms with Crippen LogP contribution in [0.25, 0.3) is 11.2 Å². The maximum Gasteiger partial charge on any atom is 0.451 e. The van der Waals surface area contributed by atoms with Crippen molar-refractivity contribution in [2.24, 2.45) is 0 Å². The van der Waals surface area contributed by atoms with Crippen LogP contribution in [-0.2, 0) is 6.18 Å². The largest absolute Gasteiger partial charge is 0.497 e. The van der Waals surface area contributed by atoms with Crippen LogP contribution in [0.1, 0.15) is 43.6 Å². The van der Waals surface area contributed by atoms with Crippen LogP contribution < -0.4 is 10.1 Å². The average molecular weight is 391 g/mol. The van der Waals surface area contributed by atoms with Crippen LogP contribution in [0.4, 0.5) is 19.0 Å². The highest BCUT2D eigenvalue weighted by Crippen LogP contribution is 2.34. The van der Waals surface area contributed by atoms with Crippen LogP contribution in [0, 0.1) is 0 Å². The molecule has 1 saturated carbocycles. The molecule has 148 valence electrons. The van der Waals surface area contributed by atoms with Gasteiger partial charge in [0.25, 0.3) is 0 Å². The molecule has 1 unspecified atom stereocenters. The minimum Gasteiger partial charge on any atom is -0.497 e. The SMILES string of the molecule is CCC(c1cccc(OC)c1)n1cnc2c(NC3CC3)nc(C(F)(F)F)nc21. The number of hydrogen-bond donors (Lipinski definition) is 1. The molecule has 1 fully saturated rings. The summed E-state index contributed by atoms with van der Waals surface area (Å²) in [6.45, 7) is 1.96. The van der Waals surface area contributed by atoms with Crippen molar-refractivity contribution >= 4 is 17.0 Å². The van der Waals surface area contributed by atoms with Crippen LogP contribution in [0.2, 0.25) is 0 Å². The number of ether oxygens (including phenoxy) is 1. The molecule has 0 bridgehead atoms. The van der Waals surface area contributed by atoms with Crippen molar-refractivity contribution < 1.29 is 17.9 Å². The lowest BCUT2D eigenvalue weighted by Gasteiger charge is -2.19. The molecule has 9 heteroatoms. The van der Waals surface area contributed by atoms with E-state index in [2.05, 4.69) is 20.3 Å². The van der Waals surface area contributed by atoms with Gasteiger partial charge < -0.3 is 14.6 Å². The number of anilines is 1. The predicted molar refractivity (Wildman–Crippen MR) is 98.4 cm³/mol. The number of alkyl halides is 3. The Balaban J connectivity index is 1.85. The fraction of sp³-hybridized carbons (Fsp3) is 0.421. The van der Waals surface area contributed by atoms with Gasteiger partial charge in [-0.1, -0.05) is 19.1 Å². The van der Waals surface area contributed by atoms with Gasteiger partial charge in [0.15, 0.2) is 11.5 Å². The summed E-state index contributed by atoms with van der Waals surface area (Å²) in [6.07, 6.45) is -0.633. The number of imidazole rings is 1. The molecule has 0 aliphatic heterocycles. The van der Waals surface area contributed by atoms with Gasteiger partial charge in [0.05, 0.1) is 19.5 Å². The molecule has 2 heterocycles. The van der Waals surface area contributed by atoms with Crippen molar-refractivity contribution in [3.63, 3.8) is 0 Å². The number of nitrogens with zero attached hydrogens (tertiary/aromatic N) is 4. The Morgan fingerprint density at radius 2 is 2.07 bits per heavy atom. The predicted octanol–water partition coefficient (Wildman–Crippen LogP) is 4.43. The van der Waals surface area contributed by atoms with Gasteiger partial charge in [-0.05, 0) is 37.0 Å². The first-order valence-corrected chi connectivity index (χ1v) is 9.13. The normalized spacial score (nSPS) is 15.6. The fourth-order valence-electron chi connectivity index (χ4n) is 3.23. The van der Waals surface area contributed by atoms with Gasteiger partial charge in [-0.3, -0.25) is 0 Å². The Bertz CT molecular complexity index is 997. The summed E-state index contributed by atoms with van der Waals surface area (Å²) >= 11 is 0. The lowest BCUT2D eigenvalue weighted by molar-refractivity contribution is -0.144. The van der Waals surface area contributed by atoms with Crippen LogP contribution in [0.5, 0.6) is 5.75 Å². The Kier molecular flexibility index (Phi) is 4.60. The molecule has 0 amide bonds. The Labute approximate surface area is 159 Å². The average Bonchev–Trinajstić information content (AvgIpc) is 3.39. The smallest absolute Gasteiger partial charge is 0.451 e. The quantitative estimate of drug-likeness (QED) is 0.674. The van der Waals surface area contributed by atoms with Gasteiger partial charge in [-0.2, -0.15) is 13.2 Å². The molecule has 3 aromatic rings. The van der Waals surface area contributed by atoms with Crippen LogP contribution in [0.15, 0.2) is 30.6 Å². The number of fused-ring (bicyclic) bond motifs is 1. The van der Waals surface area contributed by atoms with E-state index in [4.69, 9.17) is 4.74 Å². The molecule has 4 rings (SSSR count). The van der Waals surface area contributed by atoms with Crippen molar-refractivity contribution in [1.82, 2.24) is 19.5 Å². The van der Waals surface area contributed by atoms with Gasteiger partial charge in [0.2, 0.25) is 5.82 Å². The van der Waals surface area contributed by atoms with E-state index in [1.807, 2.05) is 31.2 Å². The standard InChI is InChI=1S/C19H20F3N5O/c1-3-14(11-5-4-6-13(9-11)28-2)27-10-23-15-16(24-12-7-8-12)25-18(19(20,21)22)26-17(15)27/h4-6,9-10,12,14H,3,7-8H2,1-2H3,(H,24,25,26). The number of aromatic nitrogens is 4. The van der Waals surface area contributed by atoms with Crippen LogP contribution >= 0.6 is 0 Å². The number of rotatable bonds is 6. The van der Waals surface area contributed by atoms with Crippen molar-refractivity contribution in [3.8, 4) is 5.75 Å². The number of halogens is 3. The van der Waals surface area contributed by atoms with Gasteiger partial charge in [-0.25, -0.2) is 15.0 Å². The molecular weight excluding hydrogens is 371 g/mol. The third-order valence-electron chi connectivity index (χ3n) is 4.79. The molecule has 1 N–H and O–H groups in total. The summed E-state index contributed by atoms with van der Waals surface area (Å²) < 4.78 is 47.1. The second kappa shape index (κ2) is 6.96. The van der Waals surface area contributed by atoms with Crippen LogP contribution in [0.3, 0.4) is 0 Å². The van der Waals surface area contributed by atoms with E-state index in [1.54, 1.807) is 11.7 Å². The van der Waals surface area contributed by atoms with Crippen molar-refractivity contribution in [3.05, 3.63) is 42.0 Å². The third kappa shape index (κ3) is 3.48. The lowest BCUT2D eigenvalue weighted by Crippen LogP contribution is -2.16. The molecule has 1 aliphatic rings. The summed E-state index contributed by atoms with van der Waals surface area (Å²) in [5, 5.41) is 3.05. The topological polar surface area (TPSA) is 64.9 Å². The Morgan fingerprint density at radius 3 is 2.71 bits per heavy atom. The maximum atomic E-state index is 13.4. The van der Waals surface area contributed by atoms with Crippen molar-refractivity contribution in [2.75, 3.05) is 12.4 Å². The summed E-state index contributed by atoms with van der Waals surface area (Å²) in [5.41, 5.74) is 1.42. The van der Waals surface area contributed by atoms with E-state index in [0.29, 0.717) is 17.7 Å². The molecule has 28 heavy (non-hydrogen) atoms. The van der Waals surface area contributed by atoms with E-state index >= 15 is 0 Å². The number of benzene rings is 1. The van der Waals surface area contributed by atoms with E-state index < -0.39 is 12.0 Å². The van der Waals surface area contributed by atoms with E-state index in [-0.39, 0.29) is 23.5 Å². The highest BCUT2D eigenvalue weighted by Gasteiger charge is 2.37. The first kappa shape index (κ1) is 18.5. The van der Waals surface area contributed by atoms with Crippen molar-refractivity contribution in [1.29, 1.82) is 0 Å². The maximum absolute atomic E-state index is 13.4. The lowest BCUT2D eigenvalue weighted by atomic mass is 10.0. The summed E-state index contributed by atoms with van der Waals surface area (Å²) in [4.78, 5) is 11.9. The third-order valence-corrected chi connectivity index (χ3v) is 4.79. The van der Waals surface area contributed by atoms with Crippen LogP contribution in [-0.4, -0.2) is 32.7 Å². The Hall–Kier alpha value is -2.84. The summed E-state index contributed by atoms with van der Waals surface area (Å²) in [7, 11) is 1.57. The van der Waals surface area contributed by atoms with Gasteiger partial charge in [0, 0.05) is 6.04 Å². The first-order valence-electron chi connectivity index (χ1n) is 9.13. The van der Waals surface area contributed by atoms with E-state index in [9.17, 15) is 13.2 Å². The fourth-order valence-corrected chi connectivity index (χ4v) is 3.23. The monoisotopic (exact) mass is 391 g/mol. The molecular formula is C19H20F3N5O. The molecule has 0 spiro atoms. The first-order chi connectivity index (χ1) is 13.4. The summed E-state index contributed by atoms with van der Waals surface area (Å²) in [6, 6.07) is 7.37. The molecule has 6 nitrogen and oxygen atoms in total. The number of methoxy groups -OCH3 is 1. The molecule has 1 aliphatic carbocycles. The minimum absolute atomic E-state index is 0.138. The molecule has 0 saturated heterocycles. The molecule has 1 atom stereocenters. The zero-order valence-corrected chi connectivity index (χ0v) is 15.5. The summed E-state index contributed by atoms with van der Waals surface area (Å²) in [5.74, 6) is -0.341. The second-order valence-electron chi connectivity index (χ2n) is 6.84. The Morgan fingerprint density at radius 1 is 1.29 bits per heavy atom. The highest BCUT2D eigenvalue weighted by atomic mass is 19.4. The van der Waals surface area contributed by atoms with Gasteiger partial charge in [-0.15, -0.1) is 0 Å².